The van der Waals surface area contributed by atoms with Crippen LogP contribution in [-0.4, -0.2) is 35.1 Å². The summed E-state index contributed by atoms with van der Waals surface area (Å²) in [5.41, 5.74) is 4.00. The van der Waals surface area contributed by atoms with E-state index in [1.807, 2.05) is 55.1 Å². The molecule has 1 amide bonds. The lowest BCUT2D eigenvalue weighted by Crippen LogP contribution is -2.36. The highest BCUT2D eigenvalue weighted by atomic mass is 19.1. The van der Waals surface area contributed by atoms with Gasteiger partial charge in [0.15, 0.2) is 0 Å². The molecule has 1 aromatic heterocycles. The lowest BCUT2D eigenvalue weighted by Gasteiger charge is -2.29. The zero-order valence-corrected chi connectivity index (χ0v) is 18.4. The molecule has 0 saturated carbocycles. The van der Waals surface area contributed by atoms with Gasteiger partial charge in [0.25, 0.3) is 0 Å². The second-order valence-electron chi connectivity index (χ2n) is 8.14. The van der Waals surface area contributed by atoms with Crippen LogP contribution in [0.4, 0.5) is 4.39 Å². The lowest BCUT2D eigenvalue weighted by molar-refractivity contribution is -0.132. The van der Waals surface area contributed by atoms with E-state index in [4.69, 9.17) is 4.74 Å². The third kappa shape index (κ3) is 4.24. The zero-order valence-electron chi connectivity index (χ0n) is 18.4. The number of carbonyl (C=O) groups excluding carboxylic acids is 1. The first-order valence-electron chi connectivity index (χ1n) is 11.4. The Morgan fingerprint density at radius 1 is 1.13 bits per heavy atom. The fraction of sp³-hybridized carbons (Fsp3) is 0.423. The van der Waals surface area contributed by atoms with Crippen LogP contribution >= 0.6 is 0 Å². The summed E-state index contributed by atoms with van der Waals surface area (Å²) in [5.74, 6) is -0.389. The molecule has 4 nitrogen and oxygen atoms in total. The summed E-state index contributed by atoms with van der Waals surface area (Å²) < 4.78 is 23.1. The minimum atomic E-state index is -0.269. The predicted octanol–water partition coefficient (Wildman–Crippen LogP) is 5.29. The van der Waals surface area contributed by atoms with Gasteiger partial charge in [-0.05, 0) is 56.4 Å². The molecule has 4 rings (SSSR count). The fourth-order valence-corrected chi connectivity index (χ4v) is 4.88. The van der Waals surface area contributed by atoms with Crippen LogP contribution in [-0.2, 0) is 29.1 Å². The number of rotatable bonds is 8. The lowest BCUT2D eigenvalue weighted by atomic mass is 9.84. The van der Waals surface area contributed by atoms with Gasteiger partial charge in [-0.3, -0.25) is 4.79 Å². The first kappa shape index (κ1) is 21.6. The van der Waals surface area contributed by atoms with E-state index >= 15 is 4.39 Å². The summed E-state index contributed by atoms with van der Waals surface area (Å²) in [7, 11) is 0. The van der Waals surface area contributed by atoms with Crippen LogP contribution in [0.1, 0.15) is 49.4 Å². The number of ether oxygens (including phenoxy) is 1. The van der Waals surface area contributed by atoms with Crippen LogP contribution < -0.4 is 0 Å². The fourth-order valence-electron chi connectivity index (χ4n) is 4.88. The summed E-state index contributed by atoms with van der Waals surface area (Å²) in [6.45, 7) is 7.09. The van der Waals surface area contributed by atoms with Crippen molar-refractivity contribution >= 4 is 16.8 Å². The predicted molar refractivity (Wildman–Crippen MR) is 122 cm³/mol. The third-order valence-corrected chi connectivity index (χ3v) is 6.39. The van der Waals surface area contributed by atoms with Crippen LogP contribution in [0.15, 0.2) is 48.5 Å². The number of nitrogens with zero attached hydrogens (tertiary/aromatic N) is 2. The molecule has 0 N–H and O–H groups in total. The van der Waals surface area contributed by atoms with Crippen LogP contribution in [0.25, 0.3) is 10.9 Å². The van der Waals surface area contributed by atoms with E-state index in [2.05, 4.69) is 4.57 Å². The second kappa shape index (κ2) is 9.65. The Hall–Kier alpha value is -2.66. The molecule has 1 aliphatic carbocycles. The van der Waals surface area contributed by atoms with Gasteiger partial charge in [-0.25, -0.2) is 4.39 Å². The number of aromatic nitrogens is 1. The first-order valence-corrected chi connectivity index (χ1v) is 11.4. The molecule has 0 aliphatic heterocycles. The van der Waals surface area contributed by atoms with Gasteiger partial charge < -0.3 is 14.2 Å². The number of likely N-dealkylation sites (N-methyl/N-ethyl adjacent to an activating group) is 1. The smallest absolute Gasteiger partial charge is 0.230 e. The standard InChI is InChI=1S/C26H31FN2O2/c1-3-28(4-2)26(30)20-12-8-14-22-24(20)25-21(27)13-9-15-23(25)29(22)16-17-31-18-19-10-6-5-7-11-19/h5-7,9-11,13,15,20H,3-4,8,12,14,16-18H2,1-2H3. The number of halogens is 1. The molecule has 1 heterocycles. The van der Waals surface area contributed by atoms with Crippen molar-refractivity contribution in [1.29, 1.82) is 0 Å². The van der Waals surface area contributed by atoms with Gasteiger partial charge in [0.05, 0.1) is 24.6 Å². The average Bonchev–Trinajstić information content (AvgIpc) is 3.13. The van der Waals surface area contributed by atoms with E-state index in [0.717, 1.165) is 41.6 Å². The molecule has 0 bridgehead atoms. The molecule has 0 saturated heterocycles. The van der Waals surface area contributed by atoms with Crippen LogP contribution in [0.2, 0.25) is 0 Å². The van der Waals surface area contributed by atoms with Gasteiger partial charge in [-0.2, -0.15) is 0 Å². The van der Waals surface area contributed by atoms with Gasteiger partial charge in [-0.15, -0.1) is 0 Å². The van der Waals surface area contributed by atoms with E-state index in [-0.39, 0.29) is 17.6 Å². The molecule has 1 atom stereocenters. The largest absolute Gasteiger partial charge is 0.375 e. The number of benzene rings is 2. The van der Waals surface area contributed by atoms with Crippen molar-refractivity contribution in [3.63, 3.8) is 0 Å². The molecule has 1 aliphatic rings. The summed E-state index contributed by atoms with van der Waals surface area (Å²) in [5, 5.41) is 0.616. The van der Waals surface area contributed by atoms with Crippen molar-refractivity contribution in [2.75, 3.05) is 19.7 Å². The van der Waals surface area contributed by atoms with E-state index in [1.165, 1.54) is 6.07 Å². The van der Waals surface area contributed by atoms with Crippen LogP contribution in [0.5, 0.6) is 0 Å². The number of hydrogen-bond acceptors (Lipinski definition) is 2. The van der Waals surface area contributed by atoms with Gasteiger partial charge in [0.2, 0.25) is 5.91 Å². The van der Waals surface area contributed by atoms with Crippen molar-refractivity contribution in [1.82, 2.24) is 9.47 Å². The van der Waals surface area contributed by atoms with Gasteiger partial charge in [0.1, 0.15) is 5.82 Å². The Labute approximate surface area is 183 Å². The van der Waals surface area contributed by atoms with E-state index in [0.29, 0.717) is 38.2 Å². The molecular weight excluding hydrogens is 391 g/mol. The third-order valence-electron chi connectivity index (χ3n) is 6.39. The maximum Gasteiger partial charge on any atom is 0.230 e. The van der Waals surface area contributed by atoms with E-state index in [1.54, 1.807) is 6.07 Å². The Bertz CT molecular complexity index is 1040. The topological polar surface area (TPSA) is 34.5 Å². The van der Waals surface area contributed by atoms with Crippen molar-refractivity contribution in [3.05, 3.63) is 71.2 Å². The minimum Gasteiger partial charge on any atom is -0.375 e. The van der Waals surface area contributed by atoms with Crippen molar-refractivity contribution in [2.24, 2.45) is 0 Å². The normalized spacial score (nSPS) is 15.8. The molecule has 0 radical (unpaired) electrons. The van der Waals surface area contributed by atoms with E-state index in [9.17, 15) is 4.79 Å². The average molecular weight is 423 g/mol. The number of amides is 1. The second-order valence-corrected chi connectivity index (χ2v) is 8.14. The first-order chi connectivity index (χ1) is 15.2. The number of hydrogen-bond donors (Lipinski definition) is 0. The van der Waals surface area contributed by atoms with Crippen molar-refractivity contribution in [3.8, 4) is 0 Å². The maximum absolute atomic E-state index is 15.0. The monoisotopic (exact) mass is 422 g/mol. The summed E-state index contributed by atoms with van der Waals surface area (Å²) >= 11 is 0. The van der Waals surface area contributed by atoms with Gasteiger partial charge in [0, 0.05) is 30.7 Å². The molecular formula is C26H31FN2O2. The van der Waals surface area contributed by atoms with Gasteiger partial charge in [-0.1, -0.05) is 36.4 Å². The summed E-state index contributed by atoms with van der Waals surface area (Å²) in [6.07, 6.45) is 2.58. The SMILES string of the molecule is CCN(CC)C(=O)C1CCCc2c1c1c(F)cccc1n2CCOCc1ccccc1. The Balaban J connectivity index is 1.64. The highest BCUT2D eigenvalue weighted by Crippen LogP contribution is 2.41. The Kier molecular flexibility index (Phi) is 6.71. The highest BCUT2D eigenvalue weighted by Gasteiger charge is 2.34. The van der Waals surface area contributed by atoms with Crippen molar-refractivity contribution < 1.29 is 13.9 Å². The number of carbonyl (C=O) groups is 1. The molecule has 1 unspecified atom stereocenters. The highest BCUT2D eigenvalue weighted by molar-refractivity contribution is 5.94. The molecule has 2 aromatic carbocycles. The molecule has 3 aromatic rings. The summed E-state index contributed by atoms with van der Waals surface area (Å²) in [6, 6.07) is 15.3. The zero-order chi connectivity index (χ0) is 21.8. The summed E-state index contributed by atoms with van der Waals surface area (Å²) in [4.78, 5) is 15.1. The quantitative estimate of drug-likeness (QED) is 0.463. The molecule has 0 spiro atoms. The number of fused-ring (bicyclic) bond motifs is 3. The molecule has 0 fully saturated rings. The van der Waals surface area contributed by atoms with Crippen molar-refractivity contribution in [2.45, 2.75) is 52.2 Å². The molecule has 164 valence electrons. The van der Waals surface area contributed by atoms with Gasteiger partial charge >= 0.3 is 0 Å². The Morgan fingerprint density at radius 2 is 1.90 bits per heavy atom. The minimum absolute atomic E-state index is 0.119. The maximum atomic E-state index is 15.0. The molecule has 5 heteroatoms. The van der Waals surface area contributed by atoms with E-state index < -0.39 is 0 Å². The molecule has 31 heavy (non-hydrogen) atoms. The van der Waals surface area contributed by atoms with Crippen LogP contribution in [0.3, 0.4) is 0 Å². The van der Waals surface area contributed by atoms with Crippen LogP contribution in [0, 0.1) is 5.82 Å². The Morgan fingerprint density at radius 3 is 2.65 bits per heavy atom.